The summed E-state index contributed by atoms with van der Waals surface area (Å²) in [4.78, 5) is 13.1. The minimum atomic E-state index is 0.00244. The van der Waals surface area contributed by atoms with Crippen LogP contribution in [0.2, 0.25) is 0 Å². The molecule has 1 nitrogen and oxygen atoms in total. The summed E-state index contributed by atoms with van der Waals surface area (Å²) in [5, 5.41) is 0. The van der Waals surface area contributed by atoms with Gasteiger partial charge in [0.05, 0.1) is 3.92 Å². The molecule has 0 saturated carbocycles. The molecule has 0 aliphatic carbocycles. The van der Waals surface area contributed by atoms with Crippen LogP contribution in [0.15, 0.2) is 84.9 Å². The van der Waals surface area contributed by atoms with Crippen LogP contribution in [-0.4, -0.2) is 9.71 Å². The lowest BCUT2D eigenvalue weighted by atomic mass is 9.86. The summed E-state index contributed by atoms with van der Waals surface area (Å²) in [5.41, 5.74) is 4.50. The Bertz CT molecular complexity index is 885. The number of carbonyl (C=O) groups excluding carboxylic acids is 1. The first-order valence-corrected chi connectivity index (χ1v) is 11.6. The van der Waals surface area contributed by atoms with Gasteiger partial charge in [0.1, 0.15) is 0 Å². The van der Waals surface area contributed by atoms with Gasteiger partial charge >= 0.3 is 0 Å². The number of carbonyl (C=O) groups is 1. The van der Waals surface area contributed by atoms with Crippen molar-refractivity contribution in [3.05, 3.63) is 96.1 Å². The van der Waals surface area contributed by atoms with Crippen LogP contribution in [0.4, 0.5) is 0 Å². The number of rotatable bonds is 9. The lowest BCUT2D eigenvalue weighted by Gasteiger charge is -2.22. The van der Waals surface area contributed by atoms with Crippen LogP contribution < -0.4 is 0 Å². The average molecular weight is 496 g/mol. The molecule has 0 heterocycles. The molecule has 29 heavy (non-hydrogen) atoms. The van der Waals surface area contributed by atoms with E-state index >= 15 is 0 Å². The molecule has 0 fully saturated rings. The zero-order valence-corrected chi connectivity index (χ0v) is 19.4. The van der Waals surface area contributed by atoms with Crippen molar-refractivity contribution in [3.63, 3.8) is 0 Å². The number of halogens is 1. The molecule has 3 aromatic carbocycles. The number of Topliss-reactive ketones (excluding diaryl/α,β-unsaturated/α-hetero) is 1. The zero-order chi connectivity index (χ0) is 20.6. The Balaban J connectivity index is 1.67. The van der Waals surface area contributed by atoms with Crippen molar-refractivity contribution in [2.24, 2.45) is 11.8 Å². The number of alkyl halides is 1. The lowest BCUT2D eigenvalue weighted by molar-refractivity contribution is 0.0984. The van der Waals surface area contributed by atoms with Crippen molar-refractivity contribution in [2.75, 3.05) is 0 Å². The van der Waals surface area contributed by atoms with Crippen molar-refractivity contribution >= 4 is 28.4 Å². The number of hydrogen-bond donors (Lipinski definition) is 0. The van der Waals surface area contributed by atoms with Crippen LogP contribution in [0.1, 0.15) is 42.6 Å². The van der Waals surface area contributed by atoms with E-state index < -0.39 is 0 Å². The Hall–Kier alpha value is -1.94. The Morgan fingerprint density at radius 1 is 0.759 bits per heavy atom. The molecule has 0 spiro atoms. The van der Waals surface area contributed by atoms with Crippen LogP contribution in [0.3, 0.4) is 0 Å². The van der Waals surface area contributed by atoms with Crippen molar-refractivity contribution < 1.29 is 4.79 Å². The second kappa shape index (κ2) is 10.7. The predicted molar refractivity (Wildman–Crippen MR) is 132 cm³/mol. The molecular weight excluding hydrogens is 467 g/mol. The molecule has 2 atom stereocenters. The fourth-order valence-corrected chi connectivity index (χ4v) is 4.99. The van der Waals surface area contributed by atoms with Crippen LogP contribution in [-0.2, 0) is 6.42 Å². The third-order valence-electron chi connectivity index (χ3n) is 5.27. The van der Waals surface area contributed by atoms with Crippen molar-refractivity contribution in [2.45, 2.75) is 37.0 Å². The SMILES string of the molecule is CC(C)CC(Cc1ccccc1)CC(I)C(=O)c1ccc(-c2ccccc2)cc1. The smallest absolute Gasteiger partial charge is 0.175 e. The maximum Gasteiger partial charge on any atom is 0.175 e. The van der Waals surface area contributed by atoms with Gasteiger partial charge in [-0.25, -0.2) is 0 Å². The lowest BCUT2D eigenvalue weighted by Crippen LogP contribution is -2.20. The molecule has 0 radical (unpaired) electrons. The maximum atomic E-state index is 13.1. The largest absolute Gasteiger partial charge is 0.293 e. The van der Waals surface area contributed by atoms with E-state index in [4.69, 9.17) is 0 Å². The monoisotopic (exact) mass is 496 g/mol. The fourth-order valence-electron chi connectivity index (χ4n) is 3.92. The van der Waals surface area contributed by atoms with Gasteiger partial charge in [0.25, 0.3) is 0 Å². The first kappa shape index (κ1) is 21.8. The van der Waals surface area contributed by atoms with Gasteiger partial charge in [-0.05, 0) is 47.8 Å². The molecule has 0 aliphatic rings. The van der Waals surface area contributed by atoms with E-state index in [0.717, 1.165) is 30.4 Å². The van der Waals surface area contributed by atoms with Gasteiger partial charge < -0.3 is 0 Å². The average Bonchev–Trinajstić information content (AvgIpc) is 2.74. The van der Waals surface area contributed by atoms with Crippen LogP contribution in [0.5, 0.6) is 0 Å². The van der Waals surface area contributed by atoms with E-state index in [1.165, 1.54) is 11.1 Å². The van der Waals surface area contributed by atoms with E-state index in [9.17, 15) is 4.79 Å². The minimum absolute atomic E-state index is 0.00244. The Morgan fingerprint density at radius 2 is 1.31 bits per heavy atom. The highest BCUT2D eigenvalue weighted by atomic mass is 127. The summed E-state index contributed by atoms with van der Waals surface area (Å²) in [6.45, 7) is 4.54. The summed E-state index contributed by atoms with van der Waals surface area (Å²) in [6, 6.07) is 29.0. The molecule has 2 heteroatoms. The quantitative estimate of drug-likeness (QED) is 0.169. The Kier molecular flexibility index (Phi) is 8.05. The predicted octanol–water partition coefficient (Wildman–Crippen LogP) is 7.64. The van der Waals surface area contributed by atoms with Crippen LogP contribution in [0.25, 0.3) is 11.1 Å². The van der Waals surface area contributed by atoms with Gasteiger partial charge in [0.2, 0.25) is 0 Å². The highest BCUT2D eigenvalue weighted by Gasteiger charge is 2.22. The van der Waals surface area contributed by atoms with Gasteiger partial charge in [-0.1, -0.05) is 121 Å². The molecule has 3 rings (SSSR count). The molecule has 3 aromatic rings. The fraction of sp³-hybridized carbons (Fsp3) is 0.296. The molecule has 0 saturated heterocycles. The highest BCUT2D eigenvalue weighted by Crippen LogP contribution is 2.27. The van der Waals surface area contributed by atoms with Gasteiger partial charge in [0, 0.05) is 5.56 Å². The number of hydrogen-bond acceptors (Lipinski definition) is 1. The van der Waals surface area contributed by atoms with E-state index in [-0.39, 0.29) is 9.71 Å². The molecule has 0 aliphatic heterocycles. The number of ketones is 1. The normalized spacial score (nSPS) is 13.2. The van der Waals surface area contributed by atoms with Crippen LogP contribution >= 0.6 is 22.6 Å². The van der Waals surface area contributed by atoms with Gasteiger partial charge in [0.15, 0.2) is 5.78 Å². The second-order valence-corrected chi connectivity index (χ2v) is 9.70. The van der Waals surface area contributed by atoms with E-state index in [2.05, 4.69) is 91.0 Å². The Morgan fingerprint density at radius 3 is 1.90 bits per heavy atom. The summed E-state index contributed by atoms with van der Waals surface area (Å²) >= 11 is 2.35. The van der Waals surface area contributed by atoms with Gasteiger partial charge in [-0.3, -0.25) is 4.79 Å². The van der Waals surface area contributed by atoms with Crippen molar-refractivity contribution in [1.82, 2.24) is 0 Å². The third-order valence-corrected chi connectivity index (χ3v) is 6.35. The molecule has 0 amide bonds. The summed E-state index contributed by atoms with van der Waals surface area (Å²) in [5.74, 6) is 1.39. The molecular formula is C27H29IO. The zero-order valence-electron chi connectivity index (χ0n) is 17.2. The summed E-state index contributed by atoms with van der Waals surface area (Å²) in [7, 11) is 0. The third kappa shape index (κ3) is 6.53. The molecule has 0 aromatic heterocycles. The van der Waals surface area contributed by atoms with Crippen molar-refractivity contribution in [3.8, 4) is 11.1 Å². The summed E-state index contributed by atoms with van der Waals surface area (Å²) < 4.78 is 0.00244. The van der Waals surface area contributed by atoms with Gasteiger partial charge in [-0.2, -0.15) is 0 Å². The molecule has 2 unspecified atom stereocenters. The first-order chi connectivity index (χ1) is 14.0. The standard InChI is InChI=1S/C27H29IO/c1-20(2)17-22(18-21-9-5-3-6-10-21)19-26(28)27(29)25-15-13-24(14-16-25)23-11-7-4-8-12-23/h3-16,20,22,26H,17-19H2,1-2H3. The highest BCUT2D eigenvalue weighted by molar-refractivity contribution is 14.1. The number of benzene rings is 3. The van der Waals surface area contributed by atoms with Crippen LogP contribution in [0, 0.1) is 11.8 Å². The van der Waals surface area contributed by atoms with Gasteiger partial charge in [-0.15, -0.1) is 0 Å². The minimum Gasteiger partial charge on any atom is -0.293 e. The van der Waals surface area contributed by atoms with E-state index in [1.54, 1.807) is 0 Å². The first-order valence-electron chi connectivity index (χ1n) is 10.4. The molecule has 0 bridgehead atoms. The van der Waals surface area contributed by atoms with E-state index in [1.807, 2.05) is 30.3 Å². The topological polar surface area (TPSA) is 17.1 Å². The summed E-state index contributed by atoms with van der Waals surface area (Å²) in [6.07, 6.45) is 3.11. The van der Waals surface area contributed by atoms with Crippen molar-refractivity contribution in [1.29, 1.82) is 0 Å². The van der Waals surface area contributed by atoms with E-state index in [0.29, 0.717) is 11.8 Å². The molecule has 150 valence electrons. The Labute approximate surface area is 188 Å². The molecule has 0 N–H and O–H groups in total. The maximum absolute atomic E-state index is 13.1. The second-order valence-electron chi connectivity index (χ2n) is 8.20.